The van der Waals surface area contributed by atoms with Gasteiger partial charge < -0.3 is 24.1 Å². The quantitative estimate of drug-likeness (QED) is 0.250. The Morgan fingerprint density at radius 1 is 1.34 bits per heavy atom. The van der Waals surface area contributed by atoms with E-state index in [-0.39, 0.29) is 30.1 Å². The third-order valence-electron chi connectivity index (χ3n) is 7.16. The average Bonchev–Trinajstić information content (AvgIpc) is 3.13. The summed E-state index contributed by atoms with van der Waals surface area (Å²) in [6.45, 7) is 6.47. The number of hydrogen-bond acceptors (Lipinski definition) is 8. The molecule has 11 heteroatoms. The van der Waals surface area contributed by atoms with Crippen LogP contribution in [0.3, 0.4) is 0 Å². The third-order valence-corrected chi connectivity index (χ3v) is 7.88. The van der Waals surface area contributed by atoms with Crippen LogP contribution in [0, 0.1) is 15.2 Å². The summed E-state index contributed by atoms with van der Waals surface area (Å²) >= 11 is 8.25. The van der Waals surface area contributed by atoms with Crippen LogP contribution in [0.15, 0.2) is 30.6 Å². The highest BCUT2D eigenvalue weighted by molar-refractivity contribution is 14.1. The zero-order valence-electron chi connectivity index (χ0n) is 19.5. The number of hydrogen-bond donors (Lipinski definition) is 1. The highest BCUT2D eigenvalue weighted by atomic mass is 127. The lowest BCUT2D eigenvalue weighted by molar-refractivity contribution is -0.172. The average molecular weight is 610 g/mol. The molecular weight excluding hydrogens is 585 g/mol. The number of aromatic nitrogens is 4. The number of benzene rings is 1. The normalized spacial score (nSPS) is 30.2. The minimum Gasteiger partial charge on any atom is -0.465 e. The standard InChI is InChI=1S/C24H25ClIN5O4/c1-4-33-21(32)24-9-14(24)16(17-18(24)35-23(2,3)34-17)31-11-28-15-19(29-22(26)30-20(15)31)27-10-12-6-5-7-13(25)8-12/h5-8,11,14,16-18H,4,9-10H2,1-3H3,(H,27,29,30)/t14-,16-,17+,18+,24+/m1/s1. The maximum absolute atomic E-state index is 13.1. The second kappa shape index (κ2) is 8.25. The summed E-state index contributed by atoms with van der Waals surface area (Å²) in [5, 5.41) is 4.06. The van der Waals surface area contributed by atoms with Gasteiger partial charge in [-0.15, -0.1) is 0 Å². The smallest absolute Gasteiger partial charge is 0.315 e. The Hall–Kier alpha value is -2.02. The molecule has 1 aliphatic heterocycles. The van der Waals surface area contributed by atoms with Crippen molar-refractivity contribution in [3.63, 3.8) is 0 Å². The van der Waals surface area contributed by atoms with Crippen LogP contribution < -0.4 is 5.32 Å². The topological polar surface area (TPSA) is 100 Å². The Morgan fingerprint density at radius 2 is 2.17 bits per heavy atom. The van der Waals surface area contributed by atoms with Crippen LogP contribution in [0.1, 0.15) is 38.8 Å². The van der Waals surface area contributed by atoms with E-state index in [0.29, 0.717) is 45.4 Å². The van der Waals surface area contributed by atoms with Crippen molar-refractivity contribution in [2.24, 2.45) is 11.3 Å². The van der Waals surface area contributed by atoms with Crippen LogP contribution in [0.5, 0.6) is 0 Å². The molecule has 2 aliphatic carbocycles. The third kappa shape index (κ3) is 3.71. The lowest BCUT2D eigenvalue weighted by Gasteiger charge is -2.24. The number of anilines is 1. The summed E-state index contributed by atoms with van der Waals surface area (Å²) in [6, 6.07) is 7.53. The van der Waals surface area contributed by atoms with Crippen LogP contribution in [0.2, 0.25) is 5.02 Å². The van der Waals surface area contributed by atoms with Gasteiger partial charge in [-0.25, -0.2) is 15.0 Å². The first-order valence-electron chi connectivity index (χ1n) is 11.6. The van der Waals surface area contributed by atoms with Crippen molar-refractivity contribution in [3.8, 4) is 0 Å². The number of halogens is 2. The van der Waals surface area contributed by atoms with Gasteiger partial charge in [0.1, 0.15) is 17.6 Å². The largest absolute Gasteiger partial charge is 0.465 e. The second-order valence-corrected chi connectivity index (χ2v) is 11.1. The molecule has 0 spiro atoms. The van der Waals surface area contributed by atoms with E-state index in [9.17, 15) is 4.79 Å². The van der Waals surface area contributed by atoms with Gasteiger partial charge in [-0.3, -0.25) is 4.79 Å². The molecule has 9 nitrogen and oxygen atoms in total. The molecule has 5 atom stereocenters. The van der Waals surface area contributed by atoms with Gasteiger partial charge in [0.25, 0.3) is 0 Å². The number of imidazole rings is 1. The molecular formula is C24H25ClIN5O4. The molecule has 3 heterocycles. The lowest BCUT2D eigenvalue weighted by atomic mass is 9.99. The van der Waals surface area contributed by atoms with Crippen LogP contribution >= 0.6 is 34.2 Å². The van der Waals surface area contributed by atoms with Crippen molar-refractivity contribution >= 4 is 57.1 Å². The predicted octanol–water partition coefficient (Wildman–Crippen LogP) is 4.34. The van der Waals surface area contributed by atoms with Crippen LogP contribution in [-0.4, -0.2) is 50.1 Å². The van der Waals surface area contributed by atoms with Gasteiger partial charge in [0.15, 0.2) is 26.6 Å². The summed E-state index contributed by atoms with van der Waals surface area (Å²) < 4.78 is 20.7. The minimum absolute atomic E-state index is 0.0283. The van der Waals surface area contributed by atoms with Gasteiger partial charge in [0, 0.05) is 40.1 Å². The van der Waals surface area contributed by atoms with Crippen molar-refractivity contribution in [2.45, 2.75) is 57.8 Å². The molecule has 0 radical (unpaired) electrons. The SMILES string of the molecule is CCOC(=O)[C@@]12C[C@@H]1[C@@H](n1cnc3c(NCc4cccc(Cl)c4)nc(I)nc31)[C@@H]1OC(C)(C)O[C@@H]12. The summed E-state index contributed by atoms with van der Waals surface area (Å²) in [4.78, 5) is 27.0. The number of esters is 1. The first-order chi connectivity index (χ1) is 16.7. The fourth-order valence-corrected chi connectivity index (χ4v) is 6.44. The maximum atomic E-state index is 13.1. The summed E-state index contributed by atoms with van der Waals surface area (Å²) in [5.74, 6) is -0.324. The molecule has 0 amide bonds. The molecule has 1 N–H and O–H groups in total. The maximum Gasteiger partial charge on any atom is 0.315 e. The summed E-state index contributed by atoms with van der Waals surface area (Å²) in [7, 11) is 0. The van der Waals surface area contributed by atoms with Gasteiger partial charge in [0.05, 0.1) is 19.0 Å². The molecule has 3 aromatic rings. The number of nitrogens with zero attached hydrogens (tertiary/aromatic N) is 4. The van der Waals surface area contributed by atoms with Gasteiger partial charge >= 0.3 is 5.97 Å². The minimum atomic E-state index is -0.788. The van der Waals surface area contributed by atoms with E-state index in [1.165, 1.54) is 0 Å². The van der Waals surface area contributed by atoms with E-state index in [1.54, 1.807) is 6.33 Å². The lowest BCUT2D eigenvalue weighted by Crippen LogP contribution is -2.36. The monoisotopic (exact) mass is 609 g/mol. The molecule has 2 aromatic heterocycles. The Balaban J connectivity index is 1.36. The van der Waals surface area contributed by atoms with Crippen LogP contribution in [0.25, 0.3) is 11.2 Å². The van der Waals surface area contributed by atoms with Gasteiger partial charge in [-0.1, -0.05) is 23.7 Å². The molecule has 0 unspecified atom stereocenters. The first-order valence-corrected chi connectivity index (χ1v) is 13.1. The Kier molecular flexibility index (Phi) is 5.51. The molecule has 6 rings (SSSR count). The number of ether oxygens (including phenoxy) is 3. The van der Waals surface area contributed by atoms with E-state index in [0.717, 1.165) is 5.56 Å². The number of carbonyl (C=O) groups is 1. The Labute approximate surface area is 221 Å². The van der Waals surface area contributed by atoms with Crippen molar-refractivity contribution in [3.05, 3.63) is 45.0 Å². The van der Waals surface area contributed by atoms with E-state index in [4.69, 9.17) is 30.8 Å². The molecule has 3 fully saturated rings. The van der Waals surface area contributed by atoms with E-state index in [2.05, 4.69) is 37.9 Å². The van der Waals surface area contributed by atoms with Crippen LogP contribution in [-0.2, 0) is 25.5 Å². The van der Waals surface area contributed by atoms with Gasteiger partial charge in [-0.05, 0) is 44.9 Å². The Bertz CT molecular complexity index is 1330. The van der Waals surface area contributed by atoms with Crippen molar-refractivity contribution in [1.82, 2.24) is 19.5 Å². The first kappa shape index (κ1) is 23.4. The van der Waals surface area contributed by atoms with Crippen molar-refractivity contribution in [2.75, 3.05) is 11.9 Å². The zero-order valence-corrected chi connectivity index (χ0v) is 22.4. The summed E-state index contributed by atoms with van der Waals surface area (Å²) in [5.41, 5.74) is 1.70. The number of rotatable bonds is 6. The predicted molar refractivity (Wildman–Crippen MR) is 137 cm³/mol. The Morgan fingerprint density at radius 3 is 2.94 bits per heavy atom. The highest BCUT2D eigenvalue weighted by Gasteiger charge is 2.80. The molecule has 2 saturated carbocycles. The van der Waals surface area contributed by atoms with Gasteiger partial charge in [-0.2, -0.15) is 0 Å². The van der Waals surface area contributed by atoms with E-state index < -0.39 is 11.2 Å². The van der Waals surface area contributed by atoms with E-state index >= 15 is 0 Å². The second-order valence-electron chi connectivity index (χ2n) is 9.73. The molecule has 1 saturated heterocycles. The molecule has 0 bridgehead atoms. The number of carbonyl (C=O) groups excluding carboxylic acids is 1. The molecule has 184 valence electrons. The number of fused-ring (bicyclic) bond motifs is 4. The van der Waals surface area contributed by atoms with Crippen molar-refractivity contribution in [1.29, 1.82) is 0 Å². The zero-order chi connectivity index (χ0) is 24.5. The summed E-state index contributed by atoms with van der Waals surface area (Å²) in [6.07, 6.45) is 1.79. The highest BCUT2D eigenvalue weighted by Crippen LogP contribution is 2.72. The number of nitrogens with one attached hydrogen (secondary N) is 1. The molecule has 35 heavy (non-hydrogen) atoms. The van der Waals surface area contributed by atoms with Crippen LogP contribution in [0.4, 0.5) is 5.82 Å². The fourth-order valence-electron chi connectivity index (χ4n) is 5.76. The van der Waals surface area contributed by atoms with Gasteiger partial charge in [0.2, 0.25) is 0 Å². The van der Waals surface area contributed by atoms with Crippen molar-refractivity contribution < 1.29 is 19.0 Å². The molecule has 1 aromatic carbocycles. The molecule has 3 aliphatic rings. The fraction of sp³-hybridized carbons (Fsp3) is 0.500. The van der Waals surface area contributed by atoms with E-state index in [1.807, 2.05) is 49.6 Å².